The number of nitrogens with zero attached hydrogens (tertiary/aromatic N) is 1. The number of hydrogen-bond acceptors (Lipinski definition) is 1. The van der Waals surface area contributed by atoms with Crippen LogP contribution in [0.2, 0.25) is 0 Å². The first-order valence-corrected chi connectivity index (χ1v) is 5.88. The Morgan fingerprint density at radius 1 is 0.824 bits per heavy atom. The van der Waals surface area contributed by atoms with E-state index in [1.165, 1.54) is 33.2 Å². The highest BCUT2D eigenvalue weighted by Gasteiger charge is 2.17. The van der Waals surface area contributed by atoms with Crippen LogP contribution in [0.4, 0.5) is 0 Å². The molecule has 0 saturated heterocycles. The average molecular weight is 217 g/mol. The summed E-state index contributed by atoms with van der Waals surface area (Å²) in [5, 5.41) is 2.62. The molecule has 80 valence electrons. The van der Waals surface area contributed by atoms with Crippen molar-refractivity contribution >= 4 is 10.8 Å². The quantitative estimate of drug-likeness (QED) is 0.436. The van der Waals surface area contributed by atoms with E-state index in [2.05, 4.69) is 53.5 Å². The molecule has 17 heavy (non-hydrogen) atoms. The summed E-state index contributed by atoms with van der Waals surface area (Å²) in [4.78, 5) is 4.54. The molecule has 1 aliphatic carbocycles. The zero-order valence-corrected chi connectivity index (χ0v) is 9.35. The summed E-state index contributed by atoms with van der Waals surface area (Å²) < 4.78 is 0. The summed E-state index contributed by atoms with van der Waals surface area (Å²) in [6, 6.07) is 17.2. The standard InChI is InChI=1S/C16H11N/c1-2-6-13-12(4-1)10-15-16-11(8-9-17-15)5-3-7-14(13)16/h1-9H,10H2. The maximum atomic E-state index is 4.54. The SMILES string of the molecule is c1ccc2c(c1)Cc1nccc3cccc-2c13. The fourth-order valence-corrected chi connectivity index (χ4v) is 2.78. The van der Waals surface area contributed by atoms with Crippen molar-refractivity contribution in [1.29, 1.82) is 0 Å². The molecule has 0 N–H and O–H groups in total. The van der Waals surface area contributed by atoms with Gasteiger partial charge in [-0.3, -0.25) is 4.98 Å². The predicted octanol–water partition coefficient (Wildman–Crippen LogP) is 3.81. The molecule has 0 aliphatic heterocycles. The Labute approximate surface area is 99.7 Å². The fourth-order valence-electron chi connectivity index (χ4n) is 2.78. The van der Waals surface area contributed by atoms with Crippen LogP contribution in [0.25, 0.3) is 21.9 Å². The molecule has 0 unspecified atom stereocenters. The van der Waals surface area contributed by atoms with Crippen LogP contribution in [0.15, 0.2) is 54.7 Å². The van der Waals surface area contributed by atoms with Crippen molar-refractivity contribution in [3.8, 4) is 11.1 Å². The number of aromatic nitrogens is 1. The van der Waals surface area contributed by atoms with Gasteiger partial charge in [-0.25, -0.2) is 0 Å². The van der Waals surface area contributed by atoms with Crippen molar-refractivity contribution in [2.45, 2.75) is 6.42 Å². The van der Waals surface area contributed by atoms with Crippen LogP contribution >= 0.6 is 0 Å². The van der Waals surface area contributed by atoms with Gasteiger partial charge < -0.3 is 0 Å². The van der Waals surface area contributed by atoms with Crippen LogP contribution in [0, 0.1) is 0 Å². The minimum Gasteiger partial charge on any atom is -0.260 e. The first-order chi connectivity index (χ1) is 8.43. The molecule has 0 atom stereocenters. The second-order valence-corrected chi connectivity index (χ2v) is 4.50. The fraction of sp³-hybridized carbons (Fsp3) is 0.0625. The van der Waals surface area contributed by atoms with E-state index >= 15 is 0 Å². The monoisotopic (exact) mass is 217 g/mol. The molecular formula is C16H11N. The van der Waals surface area contributed by atoms with Gasteiger partial charge in [-0.15, -0.1) is 0 Å². The zero-order valence-electron chi connectivity index (χ0n) is 9.35. The normalized spacial score (nSPS) is 12.5. The van der Waals surface area contributed by atoms with Gasteiger partial charge in [0.2, 0.25) is 0 Å². The highest BCUT2D eigenvalue weighted by Crippen LogP contribution is 2.37. The molecule has 3 aromatic rings. The van der Waals surface area contributed by atoms with Gasteiger partial charge in [0.15, 0.2) is 0 Å². The van der Waals surface area contributed by atoms with Crippen LogP contribution in [-0.4, -0.2) is 4.98 Å². The number of hydrogen-bond donors (Lipinski definition) is 0. The summed E-state index contributed by atoms with van der Waals surface area (Å²) in [5.41, 5.74) is 5.27. The first kappa shape index (κ1) is 8.94. The van der Waals surface area contributed by atoms with Gasteiger partial charge in [-0.05, 0) is 28.1 Å². The van der Waals surface area contributed by atoms with Gasteiger partial charge in [0, 0.05) is 18.0 Å². The molecule has 1 nitrogen and oxygen atoms in total. The number of benzene rings is 2. The summed E-state index contributed by atoms with van der Waals surface area (Å²) in [5.74, 6) is 0. The molecule has 1 heterocycles. The summed E-state index contributed by atoms with van der Waals surface area (Å²) in [7, 11) is 0. The Morgan fingerprint density at radius 2 is 1.71 bits per heavy atom. The summed E-state index contributed by atoms with van der Waals surface area (Å²) in [6.45, 7) is 0. The molecule has 0 amide bonds. The highest BCUT2D eigenvalue weighted by molar-refractivity contribution is 6.00. The van der Waals surface area contributed by atoms with Crippen molar-refractivity contribution in [2.75, 3.05) is 0 Å². The lowest BCUT2D eigenvalue weighted by Crippen LogP contribution is -2.02. The molecule has 0 saturated carbocycles. The Kier molecular flexibility index (Phi) is 1.67. The molecule has 1 heteroatoms. The third-order valence-electron chi connectivity index (χ3n) is 3.54. The molecular weight excluding hydrogens is 206 g/mol. The summed E-state index contributed by atoms with van der Waals surface area (Å²) in [6.07, 6.45) is 2.86. The third-order valence-corrected chi connectivity index (χ3v) is 3.54. The Bertz CT molecular complexity index is 723. The minimum atomic E-state index is 0.949. The number of pyridine rings is 1. The Morgan fingerprint density at radius 3 is 2.71 bits per heavy atom. The minimum absolute atomic E-state index is 0.949. The van der Waals surface area contributed by atoms with Gasteiger partial charge in [0.25, 0.3) is 0 Å². The van der Waals surface area contributed by atoms with Crippen molar-refractivity contribution in [1.82, 2.24) is 4.98 Å². The van der Waals surface area contributed by atoms with Crippen LogP contribution in [-0.2, 0) is 6.42 Å². The molecule has 4 rings (SSSR count). The van der Waals surface area contributed by atoms with Crippen molar-refractivity contribution in [3.05, 3.63) is 66.0 Å². The van der Waals surface area contributed by atoms with Crippen molar-refractivity contribution in [2.24, 2.45) is 0 Å². The smallest absolute Gasteiger partial charge is 0.0532 e. The van der Waals surface area contributed by atoms with E-state index in [-0.39, 0.29) is 0 Å². The van der Waals surface area contributed by atoms with Crippen LogP contribution in [0.3, 0.4) is 0 Å². The van der Waals surface area contributed by atoms with E-state index < -0.39 is 0 Å². The van der Waals surface area contributed by atoms with Gasteiger partial charge in [-0.1, -0.05) is 42.5 Å². The van der Waals surface area contributed by atoms with Crippen LogP contribution < -0.4 is 0 Å². The second-order valence-electron chi connectivity index (χ2n) is 4.50. The molecule has 1 aromatic heterocycles. The first-order valence-electron chi connectivity index (χ1n) is 5.88. The van der Waals surface area contributed by atoms with Crippen molar-refractivity contribution < 1.29 is 0 Å². The number of fused-ring (bicyclic) bond motifs is 2. The molecule has 0 fully saturated rings. The summed E-state index contributed by atoms with van der Waals surface area (Å²) >= 11 is 0. The molecule has 0 radical (unpaired) electrons. The van der Waals surface area contributed by atoms with E-state index in [1.807, 2.05) is 6.20 Å². The third kappa shape index (κ3) is 1.17. The average Bonchev–Trinajstić information content (AvgIpc) is 2.39. The van der Waals surface area contributed by atoms with Crippen LogP contribution in [0.5, 0.6) is 0 Å². The highest BCUT2D eigenvalue weighted by atomic mass is 14.7. The largest absolute Gasteiger partial charge is 0.260 e. The predicted molar refractivity (Wildman–Crippen MR) is 70.0 cm³/mol. The van der Waals surface area contributed by atoms with Crippen LogP contribution in [0.1, 0.15) is 11.3 Å². The van der Waals surface area contributed by atoms with Gasteiger partial charge in [-0.2, -0.15) is 0 Å². The van der Waals surface area contributed by atoms with E-state index in [0.29, 0.717) is 0 Å². The van der Waals surface area contributed by atoms with Gasteiger partial charge >= 0.3 is 0 Å². The van der Waals surface area contributed by atoms with Gasteiger partial charge in [0.05, 0.1) is 5.69 Å². The Balaban J connectivity index is 2.22. The maximum absolute atomic E-state index is 4.54. The number of rotatable bonds is 0. The molecule has 1 aliphatic rings. The topological polar surface area (TPSA) is 12.9 Å². The van der Waals surface area contributed by atoms with E-state index in [1.54, 1.807) is 0 Å². The lowest BCUT2D eigenvalue weighted by Gasteiger charge is -2.19. The zero-order chi connectivity index (χ0) is 11.2. The Hall–Kier alpha value is -2.15. The van der Waals surface area contributed by atoms with Crippen molar-refractivity contribution in [3.63, 3.8) is 0 Å². The van der Waals surface area contributed by atoms with E-state index in [4.69, 9.17) is 0 Å². The van der Waals surface area contributed by atoms with E-state index in [9.17, 15) is 0 Å². The lowest BCUT2D eigenvalue weighted by molar-refractivity contribution is 1.09. The molecule has 0 bridgehead atoms. The molecule has 2 aromatic carbocycles. The maximum Gasteiger partial charge on any atom is 0.0532 e. The lowest BCUT2D eigenvalue weighted by atomic mass is 9.86. The van der Waals surface area contributed by atoms with Gasteiger partial charge in [0.1, 0.15) is 0 Å². The second kappa shape index (κ2) is 3.17. The molecule has 0 spiro atoms. The van der Waals surface area contributed by atoms with E-state index in [0.717, 1.165) is 6.42 Å².